The molecule has 26 heavy (non-hydrogen) atoms. The van der Waals surface area contributed by atoms with Crippen molar-refractivity contribution in [2.24, 2.45) is 16.5 Å². The Balaban J connectivity index is 0.000000290. The third kappa shape index (κ3) is 5.24. The van der Waals surface area contributed by atoms with E-state index in [1.807, 2.05) is 55.5 Å². The van der Waals surface area contributed by atoms with Gasteiger partial charge in [0.2, 0.25) is 5.91 Å². The standard InChI is InChI=1S/C14H18N4O.C5H4BrN/c1-2-18-13(17-11-6-4-3-5-7-11)10(9-15)8-12(16)14(18)19;6-5-3-1-2-4-7-5/h3-7,9,12H,2,8,15-16H2,1H3;1-4H/b10-9-,17-13?;. The van der Waals surface area contributed by atoms with Crippen molar-refractivity contribution in [3.63, 3.8) is 0 Å². The van der Waals surface area contributed by atoms with Crippen molar-refractivity contribution < 1.29 is 4.79 Å². The number of nitrogens with zero attached hydrogens (tertiary/aromatic N) is 3. The zero-order chi connectivity index (χ0) is 18.9. The lowest BCUT2D eigenvalue weighted by Crippen LogP contribution is -2.52. The van der Waals surface area contributed by atoms with E-state index < -0.39 is 6.04 Å². The van der Waals surface area contributed by atoms with Gasteiger partial charge in [0.25, 0.3) is 0 Å². The fourth-order valence-corrected chi connectivity index (χ4v) is 2.71. The van der Waals surface area contributed by atoms with Gasteiger partial charge in [0.05, 0.1) is 11.7 Å². The number of carbonyl (C=O) groups excluding carboxylic acids is 1. The first-order valence-corrected chi connectivity index (χ1v) is 9.04. The largest absolute Gasteiger partial charge is 0.404 e. The number of aromatic nitrogens is 1. The molecular formula is C19H22BrN5O. The molecule has 1 unspecified atom stereocenters. The number of aliphatic imine (C=N–C) groups is 1. The molecule has 1 amide bonds. The lowest BCUT2D eigenvalue weighted by Gasteiger charge is -2.32. The molecule has 136 valence electrons. The highest BCUT2D eigenvalue weighted by Crippen LogP contribution is 2.22. The molecule has 6 nitrogen and oxygen atoms in total. The predicted molar refractivity (Wildman–Crippen MR) is 108 cm³/mol. The van der Waals surface area contributed by atoms with Gasteiger partial charge in [-0.3, -0.25) is 9.69 Å². The van der Waals surface area contributed by atoms with Crippen LogP contribution in [-0.2, 0) is 4.79 Å². The minimum Gasteiger partial charge on any atom is -0.404 e. The summed E-state index contributed by atoms with van der Waals surface area (Å²) in [5.41, 5.74) is 13.1. The highest BCUT2D eigenvalue weighted by molar-refractivity contribution is 9.10. The van der Waals surface area contributed by atoms with Gasteiger partial charge in [-0.1, -0.05) is 24.3 Å². The molecule has 0 saturated carbocycles. The van der Waals surface area contributed by atoms with Gasteiger partial charge in [-0.15, -0.1) is 0 Å². The summed E-state index contributed by atoms with van der Waals surface area (Å²) in [6, 6.07) is 14.6. The molecule has 2 aromatic rings. The first kappa shape index (κ1) is 19.8. The number of halogens is 1. The molecule has 4 N–H and O–H groups in total. The van der Waals surface area contributed by atoms with E-state index in [9.17, 15) is 4.79 Å². The molecule has 1 atom stereocenters. The van der Waals surface area contributed by atoms with Crippen molar-refractivity contribution in [1.29, 1.82) is 0 Å². The van der Waals surface area contributed by atoms with Gasteiger partial charge in [-0.25, -0.2) is 9.98 Å². The van der Waals surface area contributed by atoms with E-state index in [4.69, 9.17) is 11.5 Å². The Hall–Kier alpha value is -2.51. The summed E-state index contributed by atoms with van der Waals surface area (Å²) in [5.74, 6) is 0.491. The highest BCUT2D eigenvalue weighted by atomic mass is 79.9. The Kier molecular flexibility index (Phi) is 7.50. The molecule has 0 bridgehead atoms. The molecule has 1 aliphatic heterocycles. The lowest BCUT2D eigenvalue weighted by atomic mass is 9.99. The van der Waals surface area contributed by atoms with Crippen LogP contribution in [0, 0.1) is 0 Å². The topological polar surface area (TPSA) is 97.6 Å². The van der Waals surface area contributed by atoms with Gasteiger partial charge >= 0.3 is 0 Å². The molecule has 7 heteroatoms. The van der Waals surface area contributed by atoms with Crippen molar-refractivity contribution in [3.05, 3.63) is 71.1 Å². The predicted octanol–water partition coefficient (Wildman–Crippen LogP) is 2.98. The number of likely N-dealkylation sites (N-methyl/N-ethyl adjacent to an activating group) is 1. The number of carbonyl (C=O) groups is 1. The second kappa shape index (κ2) is 9.84. The highest BCUT2D eigenvalue weighted by Gasteiger charge is 2.32. The van der Waals surface area contributed by atoms with Crippen LogP contribution in [0.3, 0.4) is 0 Å². The molecule has 0 aliphatic carbocycles. The summed E-state index contributed by atoms with van der Waals surface area (Å²) in [5, 5.41) is 0. The maximum Gasteiger partial charge on any atom is 0.245 e. The average Bonchev–Trinajstić information content (AvgIpc) is 2.67. The molecular weight excluding hydrogens is 394 g/mol. The fraction of sp³-hybridized carbons (Fsp3) is 0.211. The van der Waals surface area contributed by atoms with Crippen LogP contribution in [0.2, 0.25) is 0 Å². The molecule has 1 saturated heterocycles. The summed E-state index contributed by atoms with van der Waals surface area (Å²) >= 11 is 3.20. The van der Waals surface area contributed by atoms with Gasteiger partial charge in [0.1, 0.15) is 10.4 Å². The Morgan fingerprint density at radius 2 is 1.96 bits per heavy atom. The van der Waals surface area contributed by atoms with E-state index >= 15 is 0 Å². The molecule has 2 heterocycles. The third-order valence-electron chi connectivity index (χ3n) is 3.70. The number of piperidine rings is 1. The zero-order valence-electron chi connectivity index (χ0n) is 14.5. The second-order valence-electron chi connectivity index (χ2n) is 5.51. The molecule has 1 aliphatic rings. The van der Waals surface area contributed by atoms with Crippen molar-refractivity contribution in [2.45, 2.75) is 19.4 Å². The third-order valence-corrected chi connectivity index (χ3v) is 4.17. The van der Waals surface area contributed by atoms with Crippen molar-refractivity contribution in [1.82, 2.24) is 9.88 Å². The SMILES string of the molecule is Brc1ccccn1.CCN1C(=O)C(N)C/C(=C/N)C1=Nc1ccccc1. The quantitative estimate of drug-likeness (QED) is 0.736. The van der Waals surface area contributed by atoms with Crippen molar-refractivity contribution >= 4 is 33.4 Å². The first-order valence-electron chi connectivity index (χ1n) is 8.25. The van der Waals surface area contributed by atoms with E-state index in [1.165, 1.54) is 6.20 Å². The number of hydrogen-bond donors (Lipinski definition) is 2. The number of hydrogen-bond acceptors (Lipinski definition) is 5. The number of amidine groups is 1. The van der Waals surface area contributed by atoms with E-state index in [2.05, 4.69) is 25.9 Å². The molecule has 1 aromatic heterocycles. The number of para-hydroxylation sites is 1. The Morgan fingerprint density at radius 3 is 2.46 bits per heavy atom. The van der Waals surface area contributed by atoms with Crippen LogP contribution in [0.25, 0.3) is 0 Å². The summed E-state index contributed by atoms with van der Waals surface area (Å²) in [7, 11) is 0. The van der Waals surface area contributed by atoms with Crippen LogP contribution in [0.5, 0.6) is 0 Å². The number of benzene rings is 1. The summed E-state index contributed by atoms with van der Waals surface area (Å²) in [6.07, 6.45) is 3.65. The van der Waals surface area contributed by atoms with Crippen LogP contribution < -0.4 is 11.5 Å². The lowest BCUT2D eigenvalue weighted by molar-refractivity contribution is -0.129. The summed E-state index contributed by atoms with van der Waals surface area (Å²) in [6.45, 7) is 2.42. The molecule has 0 radical (unpaired) electrons. The summed E-state index contributed by atoms with van der Waals surface area (Å²) in [4.78, 5) is 22.1. The average molecular weight is 416 g/mol. The smallest absolute Gasteiger partial charge is 0.245 e. The van der Waals surface area contributed by atoms with E-state index in [1.54, 1.807) is 11.1 Å². The van der Waals surface area contributed by atoms with Crippen LogP contribution in [0.4, 0.5) is 5.69 Å². The van der Waals surface area contributed by atoms with E-state index in [-0.39, 0.29) is 5.91 Å². The fourth-order valence-electron chi connectivity index (χ4n) is 2.44. The van der Waals surface area contributed by atoms with Gasteiger partial charge in [0.15, 0.2) is 0 Å². The van der Waals surface area contributed by atoms with E-state index in [0.717, 1.165) is 15.9 Å². The molecule has 1 aromatic carbocycles. The number of nitrogens with two attached hydrogens (primary N) is 2. The van der Waals surface area contributed by atoms with Gasteiger partial charge in [-0.05, 0) is 47.1 Å². The number of likely N-dealkylation sites (tertiary alicyclic amines) is 1. The molecule has 1 fully saturated rings. The normalized spacial score (nSPS) is 20.0. The molecule has 0 spiro atoms. The molecule has 3 rings (SSSR count). The number of pyridine rings is 1. The van der Waals surface area contributed by atoms with Crippen molar-refractivity contribution in [2.75, 3.05) is 6.54 Å². The van der Waals surface area contributed by atoms with Crippen LogP contribution >= 0.6 is 15.9 Å². The zero-order valence-corrected chi connectivity index (χ0v) is 16.1. The van der Waals surface area contributed by atoms with Gasteiger partial charge in [-0.2, -0.15) is 0 Å². The number of rotatable bonds is 2. The van der Waals surface area contributed by atoms with Crippen LogP contribution in [0.15, 0.2) is 76.1 Å². The van der Waals surface area contributed by atoms with Crippen molar-refractivity contribution in [3.8, 4) is 0 Å². The Morgan fingerprint density at radius 1 is 1.27 bits per heavy atom. The minimum atomic E-state index is -0.538. The first-order chi connectivity index (χ1) is 12.6. The van der Waals surface area contributed by atoms with Gasteiger partial charge < -0.3 is 11.5 Å². The Bertz CT molecular complexity index is 777. The van der Waals surface area contributed by atoms with Gasteiger partial charge in [0, 0.05) is 30.9 Å². The Labute approximate surface area is 161 Å². The van der Waals surface area contributed by atoms with E-state index in [0.29, 0.717) is 18.8 Å². The summed E-state index contributed by atoms with van der Waals surface area (Å²) < 4.78 is 0.884. The van der Waals surface area contributed by atoms with Crippen LogP contribution in [0.1, 0.15) is 13.3 Å². The monoisotopic (exact) mass is 415 g/mol. The van der Waals surface area contributed by atoms with Crippen LogP contribution in [-0.4, -0.2) is 34.2 Å². The maximum absolute atomic E-state index is 12.1. The second-order valence-corrected chi connectivity index (χ2v) is 6.32. The minimum absolute atomic E-state index is 0.109. The maximum atomic E-state index is 12.1. The number of amides is 1.